The molecule has 0 aliphatic heterocycles. The van der Waals surface area contributed by atoms with Crippen molar-refractivity contribution in [3.63, 3.8) is 0 Å². The molecular formula is C16H16ClNO4S. The van der Waals surface area contributed by atoms with Crippen molar-refractivity contribution < 1.29 is 17.9 Å². The maximum absolute atomic E-state index is 12.3. The summed E-state index contributed by atoms with van der Waals surface area (Å²) >= 11 is 0. The van der Waals surface area contributed by atoms with Gasteiger partial charge in [0.1, 0.15) is 6.61 Å². The molecule has 5 nitrogen and oxygen atoms in total. The molecule has 0 aliphatic carbocycles. The van der Waals surface area contributed by atoms with Gasteiger partial charge in [-0.1, -0.05) is 48.5 Å². The van der Waals surface area contributed by atoms with Gasteiger partial charge in [-0.05, 0) is 17.7 Å². The van der Waals surface area contributed by atoms with Gasteiger partial charge in [-0.15, -0.1) is 0 Å². The third-order valence-electron chi connectivity index (χ3n) is 3.05. The van der Waals surface area contributed by atoms with Crippen LogP contribution in [0.25, 0.3) is 0 Å². The molecule has 2 rings (SSSR count). The Balaban J connectivity index is 2.08. The number of anilines is 1. The minimum atomic E-state index is -3.71. The highest BCUT2D eigenvalue weighted by Crippen LogP contribution is 2.16. The predicted molar refractivity (Wildman–Crippen MR) is 90.1 cm³/mol. The highest BCUT2D eigenvalue weighted by atomic mass is 35.7. The maximum atomic E-state index is 12.3. The molecule has 0 aliphatic rings. The number of ether oxygens (including phenoxy) is 1. The SMILES string of the molecule is O=C(OCc1ccccc1)N(CCS(=O)(=O)Cl)c1ccccc1. The Bertz CT molecular complexity index is 735. The van der Waals surface area contributed by atoms with Crippen molar-refractivity contribution in [2.75, 3.05) is 17.2 Å². The smallest absolute Gasteiger partial charge is 0.414 e. The zero-order chi connectivity index (χ0) is 16.7. The molecule has 0 radical (unpaired) electrons. The standard InChI is InChI=1S/C16H16ClNO4S/c17-23(20,21)12-11-18(15-9-5-2-6-10-15)16(19)22-13-14-7-3-1-4-8-14/h1-10H,11-13H2. The summed E-state index contributed by atoms with van der Waals surface area (Å²) in [6, 6.07) is 17.9. The van der Waals surface area contributed by atoms with Gasteiger partial charge in [-0.3, -0.25) is 4.90 Å². The van der Waals surface area contributed by atoms with Gasteiger partial charge in [-0.2, -0.15) is 0 Å². The second-order valence-corrected chi connectivity index (χ2v) is 7.67. The molecule has 0 heterocycles. The molecule has 7 heteroatoms. The highest BCUT2D eigenvalue weighted by Gasteiger charge is 2.19. The van der Waals surface area contributed by atoms with Gasteiger partial charge >= 0.3 is 6.09 Å². The van der Waals surface area contributed by atoms with Crippen molar-refractivity contribution in [2.24, 2.45) is 0 Å². The van der Waals surface area contributed by atoms with Crippen LogP contribution in [0.2, 0.25) is 0 Å². The molecule has 23 heavy (non-hydrogen) atoms. The fraction of sp³-hybridized carbons (Fsp3) is 0.188. The number of benzene rings is 2. The summed E-state index contributed by atoms with van der Waals surface area (Å²) in [5.41, 5.74) is 1.39. The first kappa shape index (κ1) is 17.3. The Morgan fingerprint density at radius 2 is 1.57 bits per heavy atom. The van der Waals surface area contributed by atoms with Gasteiger partial charge in [0, 0.05) is 22.9 Å². The van der Waals surface area contributed by atoms with E-state index in [1.54, 1.807) is 30.3 Å². The van der Waals surface area contributed by atoms with E-state index in [-0.39, 0.29) is 18.9 Å². The van der Waals surface area contributed by atoms with E-state index in [0.29, 0.717) is 5.69 Å². The summed E-state index contributed by atoms with van der Waals surface area (Å²) in [5.74, 6) is -0.357. The molecule has 2 aromatic carbocycles. The Morgan fingerprint density at radius 3 is 2.13 bits per heavy atom. The number of nitrogens with zero attached hydrogens (tertiary/aromatic N) is 1. The third kappa shape index (κ3) is 5.92. The molecule has 0 fully saturated rings. The summed E-state index contributed by atoms with van der Waals surface area (Å²) < 4.78 is 27.6. The lowest BCUT2D eigenvalue weighted by molar-refractivity contribution is 0.147. The molecule has 1 amide bonds. The van der Waals surface area contributed by atoms with Crippen LogP contribution >= 0.6 is 10.7 Å². The van der Waals surface area contributed by atoms with Crippen LogP contribution in [0.4, 0.5) is 10.5 Å². The molecular weight excluding hydrogens is 338 g/mol. The molecule has 122 valence electrons. The lowest BCUT2D eigenvalue weighted by Crippen LogP contribution is -2.35. The van der Waals surface area contributed by atoms with Crippen molar-refractivity contribution in [3.05, 3.63) is 66.2 Å². The van der Waals surface area contributed by atoms with Crippen molar-refractivity contribution in [3.8, 4) is 0 Å². The average molecular weight is 354 g/mol. The predicted octanol–water partition coefficient (Wildman–Crippen LogP) is 3.40. The number of hydrogen-bond acceptors (Lipinski definition) is 4. The van der Waals surface area contributed by atoms with E-state index in [0.717, 1.165) is 5.56 Å². The Hall–Kier alpha value is -2.05. The van der Waals surface area contributed by atoms with Crippen LogP contribution in [-0.2, 0) is 20.4 Å². The van der Waals surface area contributed by atoms with E-state index in [1.807, 2.05) is 30.3 Å². The second-order valence-electron chi connectivity index (χ2n) is 4.77. The van der Waals surface area contributed by atoms with Gasteiger partial charge in [-0.25, -0.2) is 13.2 Å². The summed E-state index contributed by atoms with van der Waals surface area (Å²) in [6.07, 6.45) is -0.625. The van der Waals surface area contributed by atoms with Crippen molar-refractivity contribution >= 4 is 31.5 Å². The average Bonchev–Trinajstić information content (AvgIpc) is 2.54. The van der Waals surface area contributed by atoms with E-state index >= 15 is 0 Å². The van der Waals surface area contributed by atoms with E-state index < -0.39 is 15.1 Å². The molecule has 0 aromatic heterocycles. The minimum Gasteiger partial charge on any atom is -0.444 e. The monoisotopic (exact) mass is 353 g/mol. The molecule has 0 saturated heterocycles. The number of hydrogen-bond donors (Lipinski definition) is 0. The van der Waals surface area contributed by atoms with Gasteiger partial charge in [0.15, 0.2) is 0 Å². The molecule has 0 atom stereocenters. The first-order chi connectivity index (χ1) is 11.0. The summed E-state index contributed by atoms with van der Waals surface area (Å²) in [4.78, 5) is 13.6. The molecule has 0 N–H and O–H groups in total. The van der Waals surface area contributed by atoms with Crippen LogP contribution in [0, 0.1) is 0 Å². The molecule has 2 aromatic rings. The zero-order valence-electron chi connectivity index (χ0n) is 12.3. The Kier molecular flexibility index (Phi) is 6.01. The topological polar surface area (TPSA) is 63.7 Å². The maximum Gasteiger partial charge on any atom is 0.414 e. The summed E-state index contributed by atoms with van der Waals surface area (Å²) in [7, 11) is 1.53. The van der Waals surface area contributed by atoms with Crippen LogP contribution in [0.15, 0.2) is 60.7 Å². The first-order valence-electron chi connectivity index (χ1n) is 6.91. The van der Waals surface area contributed by atoms with Crippen LogP contribution in [0.5, 0.6) is 0 Å². The van der Waals surface area contributed by atoms with Gasteiger partial charge in [0.2, 0.25) is 9.05 Å². The van der Waals surface area contributed by atoms with Crippen molar-refractivity contribution in [1.29, 1.82) is 0 Å². The fourth-order valence-corrected chi connectivity index (χ4v) is 2.54. The third-order valence-corrected chi connectivity index (χ3v) is 4.19. The van der Waals surface area contributed by atoms with Gasteiger partial charge in [0.25, 0.3) is 0 Å². The Labute approximate surface area is 139 Å². The van der Waals surface area contributed by atoms with E-state index in [4.69, 9.17) is 15.4 Å². The Morgan fingerprint density at radius 1 is 1.00 bits per heavy atom. The quantitative estimate of drug-likeness (QED) is 0.747. The number of para-hydroxylation sites is 1. The summed E-state index contributed by atoms with van der Waals surface area (Å²) in [5, 5.41) is 0. The number of carbonyl (C=O) groups is 1. The number of amides is 1. The lowest BCUT2D eigenvalue weighted by atomic mass is 10.2. The fourth-order valence-electron chi connectivity index (χ4n) is 1.93. The normalized spacial score (nSPS) is 11.0. The minimum absolute atomic E-state index is 0.0799. The number of halogens is 1. The van der Waals surface area contributed by atoms with Crippen LogP contribution in [0.1, 0.15) is 5.56 Å². The molecule has 0 saturated carbocycles. The van der Waals surface area contributed by atoms with Gasteiger partial charge in [0.05, 0.1) is 5.75 Å². The zero-order valence-corrected chi connectivity index (χ0v) is 13.8. The van der Waals surface area contributed by atoms with Crippen LogP contribution < -0.4 is 4.90 Å². The van der Waals surface area contributed by atoms with Gasteiger partial charge < -0.3 is 4.74 Å². The number of rotatable bonds is 6. The van der Waals surface area contributed by atoms with Crippen LogP contribution in [-0.4, -0.2) is 26.8 Å². The molecule has 0 spiro atoms. The first-order valence-corrected chi connectivity index (χ1v) is 9.39. The second kappa shape index (κ2) is 7.99. The van der Waals surface area contributed by atoms with E-state index in [9.17, 15) is 13.2 Å². The van der Waals surface area contributed by atoms with Crippen molar-refractivity contribution in [1.82, 2.24) is 0 Å². The summed E-state index contributed by atoms with van der Waals surface area (Å²) in [6.45, 7) is 0.0279. The van der Waals surface area contributed by atoms with E-state index in [1.165, 1.54) is 4.90 Å². The molecule has 0 bridgehead atoms. The molecule has 0 unspecified atom stereocenters. The van der Waals surface area contributed by atoms with E-state index in [2.05, 4.69) is 0 Å². The lowest BCUT2D eigenvalue weighted by Gasteiger charge is -2.21. The number of carbonyl (C=O) groups excluding carboxylic acids is 1. The van der Waals surface area contributed by atoms with Crippen molar-refractivity contribution in [2.45, 2.75) is 6.61 Å². The van der Waals surface area contributed by atoms with Crippen LogP contribution in [0.3, 0.4) is 0 Å². The highest BCUT2D eigenvalue weighted by molar-refractivity contribution is 8.13. The largest absolute Gasteiger partial charge is 0.444 e.